The van der Waals surface area contributed by atoms with Crippen molar-refractivity contribution in [3.8, 4) is 0 Å². The number of carbonyl (C=O) groups is 1. The maximum absolute atomic E-state index is 13.0. The molecule has 0 fully saturated rings. The molecule has 10 heteroatoms. The largest absolute Gasteiger partial charge is 0.383 e. The van der Waals surface area contributed by atoms with Crippen LogP contribution in [0, 0.1) is 6.92 Å². The molecule has 0 atom stereocenters. The molecule has 3 aromatic rings. The number of amides is 1. The van der Waals surface area contributed by atoms with E-state index in [1.165, 1.54) is 39.9 Å². The summed E-state index contributed by atoms with van der Waals surface area (Å²) in [4.78, 5) is 18.0. The van der Waals surface area contributed by atoms with E-state index < -0.39 is 15.9 Å². The molecule has 2 aromatic carbocycles. The molecular weight excluding hydrogens is 494 g/mol. The van der Waals surface area contributed by atoms with Crippen LogP contribution < -0.4 is 4.80 Å². The molecule has 1 amide bonds. The molecule has 184 valence electrons. The minimum Gasteiger partial charge on any atom is -0.383 e. The van der Waals surface area contributed by atoms with Crippen molar-refractivity contribution in [2.45, 2.75) is 45.1 Å². The Hall–Kier alpha value is -2.04. The highest BCUT2D eigenvalue weighted by Gasteiger charge is 2.23. The van der Waals surface area contributed by atoms with E-state index in [0.29, 0.717) is 41.6 Å². The van der Waals surface area contributed by atoms with Gasteiger partial charge in [-0.3, -0.25) is 4.79 Å². The van der Waals surface area contributed by atoms with Crippen LogP contribution in [0.2, 0.25) is 5.02 Å². The van der Waals surface area contributed by atoms with Crippen molar-refractivity contribution in [2.75, 3.05) is 26.8 Å². The zero-order valence-corrected chi connectivity index (χ0v) is 22.3. The molecule has 34 heavy (non-hydrogen) atoms. The van der Waals surface area contributed by atoms with Gasteiger partial charge in [0.15, 0.2) is 4.80 Å². The van der Waals surface area contributed by atoms with E-state index in [2.05, 4.69) is 4.99 Å². The van der Waals surface area contributed by atoms with Gasteiger partial charge in [0.1, 0.15) is 0 Å². The molecule has 7 nitrogen and oxygen atoms in total. The van der Waals surface area contributed by atoms with Crippen LogP contribution >= 0.6 is 22.9 Å². The van der Waals surface area contributed by atoms with Gasteiger partial charge in [0.05, 0.1) is 21.7 Å². The molecule has 0 spiro atoms. The van der Waals surface area contributed by atoms with Crippen molar-refractivity contribution in [2.24, 2.45) is 4.99 Å². The first kappa shape index (κ1) is 26.6. The Morgan fingerprint density at radius 1 is 1.18 bits per heavy atom. The average Bonchev–Trinajstić information content (AvgIpc) is 3.18. The minimum atomic E-state index is -3.60. The van der Waals surface area contributed by atoms with E-state index in [1.807, 2.05) is 37.5 Å². The number of ether oxygens (including phenoxy) is 1. The van der Waals surface area contributed by atoms with Gasteiger partial charge in [-0.25, -0.2) is 8.42 Å². The van der Waals surface area contributed by atoms with Gasteiger partial charge in [0, 0.05) is 37.3 Å². The third-order valence-corrected chi connectivity index (χ3v) is 9.04. The Balaban J connectivity index is 1.97. The number of methoxy groups -OCH3 is 1. The lowest BCUT2D eigenvalue weighted by molar-refractivity contribution is 0.0997. The zero-order valence-electron chi connectivity index (χ0n) is 19.9. The summed E-state index contributed by atoms with van der Waals surface area (Å²) in [6, 6.07) is 9.73. The number of sulfonamides is 1. The summed E-state index contributed by atoms with van der Waals surface area (Å²) in [5.41, 5.74) is 2.16. The number of aromatic nitrogens is 1. The fraction of sp³-hybridized carbons (Fsp3) is 0.417. The maximum atomic E-state index is 13.0. The van der Waals surface area contributed by atoms with E-state index in [4.69, 9.17) is 16.3 Å². The van der Waals surface area contributed by atoms with Gasteiger partial charge >= 0.3 is 0 Å². The van der Waals surface area contributed by atoms with Crippen molar-refractivity contribution >= 4 is 49.1 Å². The minimum absolute atomic E-state index is 0.171. The average molecular weight is 524 g/mol. The summed E-state index contributed by atoms with van der Waals surface area (Å²) in [5, 5.41) is 0.645. The van der Waals surface area contributed by atoms with Crippen molar-refractivity contribution in [1.82, 2.24) is 8.87 Å². The SMILES string of the molecule is CCCCN(CC)S(=O)(=O)c1ccc(C(=O)N=c2sc3ccc(Cl)c(C)c3n2CCOC)cc1. The molecule has 0 saturated carbocycles. The second-order valence-electron chi connectivity index (χ2n) is 7.84. The molecular formula is C24H30ClN3O4S2. The molecule has 0 saturated heterocycles. The van der Waals surface area contributed by atoms with Crippen molar-refractivity contribution in [1.29, 1.82) is 0 Å². The zero-order chi connectivity index (χ0) is 24.9. The molecule has 0 aliphatic heterocycles. The summed E-state index contributed by atoms with van der Waals surface area (Å²) in [7, 11) is -1.99. The molecule has 0 aliphatic carbocycles. The van der Waals surface area contributed by atoms with Crippen LogP contribution in [-0.2, 0) is 21.3 Å². The Morgan fingerprint density at radius 3 is 2.50 bits per heavy atom. The molecule has 0 unspecified atom stereocenters. The van der Waals surface area contributed by atoms with E-state index in [-0.39, 0.29) is 4.90 Å². The van der Waals surface area contributed by atoms with E-state index in [1.54, 1.807) is 7.11 Å². The topological polar surface area (TPSA) is 81.0 Å². The highest BCUT2D eigenvalue weighted by atomic mass is 35.5. The van der Waals surface area contributed by atoms with Gasteiger partial charge in [-0.1, -0.05) is 43.2 Å². The fourth-order valence-corrected chi connectivity index (χ4v) is 6.40. The number of rotatable bonds is 10. The van der Waals surface area contributed by atoms with Crippen LogP contribution in [-0.4, -0.2) is 50.0 Å². The van der Waals surface area contributed by atoms with Crippen molar-refractivity contribution in [3.05, 3.63) is 57.3 Å². The molecule has 1 aromatic heterocycles. The van der Waals surface area contributed by atoms with Gasteiger partial charge in [-0.15, -0.1) is 0 Å². The van der Waals surface area contributed by atoms with Gasteiger partial charge in [-0.05, 0) is 55.3 Å². The lowest BCUT2D eigenvalue weighted by Gasteiger charge is -2.20. The summed E-state index contributed by atoms with van der Waals surface area (Å²) >= 11 is 7.73. The van der Waals surface area contributed by atoms with Crippen LogP contribution in [0.25, 0.3) is 10.2 Å². The fourth-order valence-electron chi connectivity index (χ4n) is 3.64. The van der Waals surface area contributed by atoms with Gasteiger partial charge < -0.3 is 9.30 Å². The molecule has 1 heterocycles. The number of benzene rings is 2. The molecule has 3 rings (SSSR count). The van der Waals surface area contributed by atoms with E-state index >= 15 is 0 Å². The summed E-state index contributed by atoms with van der Waals surface area (Å²) in [6.07, 6.45) is 1.71. The second kappa shape index (κ2) is 11.6. The molecule has 0 N–H and O–H groups in total. The number of hydrogen-bond acceptors (Lipinski definition) is 5. The summed E-state index contributed by atoms with van der Waals surface area (Å²) in [5.74, 6) is -0.441. The number of thiazole rings is 1. The lowest BCUT2D eigenvalue weighted by atomic mass is 10.2. The molecule has 0 aliphatic rings. The summed E-state index contributed by atoms with van der Waals surface area (Å²) in [6.45, 7) is 7.63. The Labute approximate surface area is 209 Å². The van der Waals surface area contributed by atoms with Crippen molar-refractivity contribution in [3.63, 3.8) is 0 Å². The lowest BCUT2D eigenvalue weighted by Crippen LogP contribution is -2.31. The third kappa shape index (κ3) is 5.60. The Morgan fingerprint density at radius 2 is 1.88 bits per heavy atom. The standard InChI is InChI=1S/C24H30ClN3O4S2/c1-5-7-14-27(6-2)34(30,31)19-10-8-18(9-11-19)23(29)26-24-28(15-16-32-4)22-17(3)20(25)12-13-21(22)33-24/h8-13H,5-7,14-16H2,1-4H3. The first-order valence-electron chi connectivity index (χ1n) is 11.2. The van der Waals surface area contributed by atoms with Gasteiger partial charge in [0.25, 0.3) is 5.91 Å². The number of aryl methyl sites for hydroxylation is 1. The number of hydrogen-bond donors (Lipinski definition) is 0. The number of nitrogens with zero attached hydrogens (tertiary/aromatic N) is 3. The van der Waals surface area contributed by atoms with Crippen LogP contribution in [0.1, 0.15) is 42.6 Å². The number of fused-ring (bicyclic) bond motifs is 1. The van der Waals surface area contributed by atoms with Crippen LogP contribution in [0.5, 0.6) is 0 Å². The number of halogens is 1. The second-order valence-corrected chi connectivity index (χ2v) is 11.2. The highest BCUT2D eigenvalue weighted by molar-refractivity contribution is 7.89. The quantitative estimate of drug-likeness (QED) is 0.380. The first-order valence-corrected chi connectivity index (χ1v) is 13.8. The number of carbonyl (C=O) groups excluding carboxylic acids is 1. The normalized spacial score (nSPS) is 12.7. The Kier molecular flexibility index (Phi) is 9.06. The number of unbranched alkanes of at least 4 members (excludes halogenated alkanes) is 1. The van der Waals surface area contributed by atoms with Gasteiger partial charge in [-0.2, -0.15) is 9.30 Å². The molecule has 0 radical (unpaired) electrons. The highest BCUT2D eigenvalue weighted by Crippen LogP contribution is 2.27. The smallest absolute Gasteiger partial charge is 0.279 e. The van der Waals surface area contributed by atoms with E-state index in [9.17, 15) is 13.2 Å². The van der Waals surface area contributed by atoms with Crippen LogP contribution in [0.4, 0.5) is 0 Å². The first-order chi connectivity index (χ1) is 16.2. The summed E-state index contributed by atoms with van der Waals surface area (Å²) < 4.78 is 35.5. The Bertz CT molecular complexity index is 1330. The monoisotopic (exact) mass is 523 g/mol. The van der Waals surface area contributed by atoms with Crippen molar-refractivity contribution < 1.29 is 17.9 Å². The maximum Gasteiger partial charge on any atom is 0.279 e. The predicted octanol–water partition coefficient (Wildman–Crippen LogP) is 4.86. The van der Waals surface area contributed by atoms with Gasteiger partial charge in [0.2, 0.25) is 10.0 Å². The van der Waals surface area contributed by atoms with E-state index in [0.717, 1.165) is 28.6 Å². The predicted molar refractivity (Wildman–Crippen MR) is 137 cm³/mol. The molecule has 0 bridgehead atoms. The third-order valence-electron chi connectivity index (χ3n) is 5.60. The van der Waals surface area contributed by atoms with Crippen LogP contribution in [0.15, 0.2) is 46.3 Å². The van der Waals surface area contributed by atoms with Crippen LogP contribution in [0.3, 0.4) is 0 Å².